The molecule has 0 aromatic heterocycles. The number of carbonyl (C=O) groups is 1. The third-order valence-corrected chi connectivity index (χ3v) is 1.76. The number of esters is 1. The molecule has 0 bridgehead atoms. The average Bonchev–Trinajstić information content (AvgIpc) is 2.16. The fourth-order valence-electron chi connectivity index (χ4n) is 0.945. The number of rotatable bonds is 7. The summed E-state index contributed by atoms with van der Waals surface area (Å²) in [5.74, 6) is -0.374. The van der Waals surface area contributed by atoms with Crippen LogP contribution in [-0.4, -0.2) is 43.1 Å². The SMILES string of the molecule is CCOC(=O)CCCNCC(O)C(F)(F)F. The summed E-state index contributed by atoms with van der Waals surface area (Å²) in [5.41, 5.74) is 0. The highest BCUT2D eigenvalue weighted by Gasteiger charge is 2.37. The van der Waals surface area contributed by atoms with Crippen molar-refractivity contribution in [2.75, 3.05) is 19.7 Å². The van der Waals surface area contributed by atoms with Crippen LogP contribution in [0, 0.1) is 0 Å². The van der Waals surface area contributed by atoms with Crippen LogP contribution in [0.4, 0.5) is 13.2 Å². The minimum atomic E-state index is -4.60. The first-order valence-electron chi connectivity index (χ1n) is 4.99. The fourth-order valence-corrected chi connectivity index (χ4v) is 0.945. The van der Waals surface area contributed by atoms with Gasteiger partial charge in [0.05, 0.1) is 6.61 Å². The first-order valence-corrected chi connectivity index (χ1v) is 4.99. The minimum absolute atomic E-state index is 0.156. The second kappa shape index (κ2) is 7.45. The van der Waals surface area contributed by atoms with E-state index in [0.717, 1.165) is 0 Å². The first-order chi connectivity index (χ1) is 7.38. The highest BCUT2D eigenvalue weighted by atomic mass is 19.4. The Morgan fingerprint density at radius 2 is 2.12 bits per heavy atom. The Morgan fingerprint density at radius 3 is 2.62 bits per heavy atom. The van der Waals surface area contributed by atoms with Crippen molar-refractivity contribution in [1.82, 2.24) is 5.32 Å². The van der Waals surface area contributed by atoms with Crippen molar-refractivity contribution in [2.24, 2.45) is 0 Å². The van der Waals surface area contributed by atoms with Crippen LogP contribution in [0.25, 0.3) is 0 Å². The average molecular weight is 243 g/mol. The molecule has 0 fully saturated rings. The molecular formula is C9H16F3NO3. The van der Waals surface area contributed by atoms with Gasteiger partial charge in [-0.25, -0.2) is 0 Å². The van der Waals surface area contributed by atoms with Crippen LogP contribution in [0.15, 0.2) is 0 Å². The van der Waals surface area contributed by atoms with Crippen LogP contribution in [0.1, 0.15) is 19.8 Å². The van der Waals surface area contributed by atoms with E-state index in [4.69, 9.17) is 5.11 Å². The quantitative estimate of drug-likeness (QED) is 0.514. The lowest BCUT2D eigenvalue weighted by atomic mass is 10.3. The van der Waals surface area contributed by atoms with Crippen molar-refractivity contribution in [3.05, 3.63) is 0 Å². The Kier molecular flexibility index (Phi) is 7.07. The molecule has 0 radical (unpaired) electrons. The molecule has 7 heteroatoms. The molecule has 4 nitrogen and oxygen atoms in total. The lowest BCUT2D eigenvalue weighted by Crippen LogP contribution is -2.38. The molecular weight excluding hydrogens is 227 g/mol. The Balaban J connectivity index is 3.44. The van der Waals surface area contributed by atoms with Crippen LogP contribution in [0.5, 0.6) is 0 Å². The lowest BCUT2D eigenvalue weighted by Gasteiger charge is -2.14. The van der Waals surface area contributed by atoms with E-state index in [-0.39, 0.29) is 18.9 Å². The minimum Gasteiger partial charge on any atom is -0.466 e. The normalized spacial score (nSPS) is 13.6. The number of hydrogen-bond donors (Lipinski definition) is 2. The van der Waals surface area contributed by atoms with Gasteiger partial charge in [0.1, 0.15) is 0 Å². The highest BCUT2D eigenvalue weighted by Crippen LogP contribution is 2.19. The number of ether oxygens (including phenoxy) is 1. The zero-order chi connectivity index (χ0) is 12.6. The molecule has 0 aromatic carbocycles. The summed E-state index contributed by atoms with van der Waals surface area (Å²) in [7, 11) is 0. The largest absolute Gasteiger partial charge is 0.466 e. The van der Waals surface area contributed by atoms with Gasteiger partial charge in [-0.1, -0.05) is 0 Å². The Labute approximate surface area is 91.8 Å². The van der Waals surface area contributed by atoms with Gasteiger partial charge in [-0.05, 0) is 19.9 Å². The van der Waals surface area contributed by atoms with E-state index in [0.29, 0.717) is 13.0 Å². The molecule has 16 heavy (non-hydrogen) atoms. The van der Waals surface area contributed by atoms with Crippen LogP contribution in [-0.2, 0) is 9.53 Å². The van der Waals surface area contributed by atoms with Crippen molar-refractivity contribution >= 4 is 5.97 Å². The molecule has 0 aliphatic carbocycles. The molecule has 1 unspecified atom stereocenters. The lowest BCUT2D eigenvalue weighted by molar-refractivity contribution is -0.201. The summed E-state index contributed by atoms with van der Waals surface area (Å²) in [4.78, 5) is 10.8. The second-order valence-electron chi connectivity index (χ2n) is 3.17. The molecule has 0 spiro atoms. The Bertz CT molecular complexity index is 209. The molecule has 96 valence electrons. The summed E-state index contributed by atoms with van der Waals surface area (Å²) in [6, 6.07) is 0. The van der Waals surface area contributed by atoms with Crippen LogP contribution >= 0.6 is 0 Å². The predicted molar refractivity (Wildman–Crippen MR) is 50.8 cm³/mol. The monoisotopic (exact) mass is 243 g/mol. The fraction of sp³-hybridized carbons (Fsp3) is 0.889. The van der Waals surface area contributed by atoms with E-state index in [1.54, 1.807) is 6.92 Å². The smallest absolute Gasteiger partial charge is 0.415 e. The molecule has 0 heterocycles. The molecule has 2 N–H and O–H groups in total. The predicted octanol–water partition coefficient (Wildman–Crippen LogP) is 0.843. The molecule has 0 aliphatic heterocycles. The third kappa shape index (κ3) is 7.47. The number of aliphatic hydroxyl groups is 1. The van der Waals surface area contributed by atoms with Crippen LogP contribution in [0.2, 0.25) is 0 Å². The zero-order valence-corrected chi connectivity index (χ0v) is 9.01. The van der Waals surface area contributed by atoms with Crippen LogP contribution in [0.3, 0.4) is 0 Å². The van der Waals surface area contributed by atoms with E-state index in [2.05, 4.69) is 10.1 Å². The van der Waals surface area contributed by atoms with E-state index < -0.39 is 18.8 Å². The van der Waals surface area contributed by atoms with Gasteiger partial charge in [-0.15, -0.1) is 0 Å². The number of carbonyl (C=O) groups excluding carboxylic acids is 1. The van der Waals surface area contributed by atoms with Crippen molar-refractivity contribution < 1.29 is 27.8 Å². The number of nitrogens with one attached hydrogen (secondary N) is 1. The number of hydrogen-bond acceptors (Lipinski definition) is 4. The number of alkyl halides is 3. The molecule has 0 saturated heterocycles. The second-order valence-corrected chi connectivity index (χ2v) is 3.17. The molecule has 0 rings (SSSR count). The Morgan fingerprint density at radius 1 is 1.50 bits per heavy atom. The summed E-state index contributed by atoms with van der Waals surface area (Å²) in [5, 5.41) is 11.0. The molecule has 0 amide bonds. The van der Waals surface area contributed by atoms with Crippen molar-refractivity contribution in [2.45, 2.75) is 32.0 Å². The summed E-state index contributed by atoms with van der Waals surface area (Å²) in [6.07, 6.45) is -6.43. The van der Waals surface area contributed by atoms with Gasteiger partial charge in [0.15, 0.2) is 6.10 Å². The van der Waals surface area contributed by atoms with E-state index in [1.807, 2.05) is 0 Å². The van der Waals surface area contributed by atoms with E-state index >= 15 is 0 Å². The maximum atomic E-state index is 11.8. The van der Waals surface area contributed by atoms with Gasteiger partial charge in [0, 0.05) is 13.0 Å². The Hall–Kier alpha value is -0.820. The number of aliphatic hydroxyl groups excluding tert-OH is 1. The topological polar surface area (TPSA) is 58.6 Å². The van der Waals surface area contributed by atoms with Gasteiger partial charge in [-0.3, -0.25) is 4.79 Å². The maximum Gasteiger partial charge on any atom is 0.415 e. The van der Waals surface area contributed by atoms with E-state index in [9.17, 15) is 18.0 Å². The zero-order valence-electron chi connectivity index (χ0n) is 9.01. The van der Waals surface area contributed by atoms with Crippen molar-refractivity contribution in [3.8, 4) is 0 Å². The van der Waals surface area contributed by atoms with Gasteiger partial charge in [0.25, 0.3) is 0 Å². The number of halogens is 3. The summed E-state index contributed by atoms with van der Waals surface area (Å²) in [6.45, 7) is 1.63. The summed E-state index contributed by atoms with van der Waals surface area (Å²) < 4.78 is 40.1. The molecule has 0 saturated carbocycles. The van der Waals surface area contributed by atoms with Gasteiger partial charge in [-0.2, -0.15) is 13.2 Å². The molecule has 0 aromatic rings. The maximum absolute atomic E-state index is 11.8. The summed E-state index contributed by atoms with van der Waals surface area (Å²) >= 11 is 0. The standard InChI is InChI=1S/C9H16F3NO3/c1-2-16-8(15)4-3-5-13-6-7(14)9(10,11)12/h7,13-14H,2-6H2,1H3. The van der Waals surface area contributed by atoms with E-state index in [1.165, 1.54) is 0 Å². The third-order valence-electron chi connectivity index (χ3n) is 1.76. The molecule has 1 atom stereocenters. The van der Waals surface area contributed by atoms with Crippen LogP contribution < -0.4 is 5.32 Å². The van der Waals surface area contributed by atoms with Crippen molar-refractivity contribution in [3.63, 3.8) is 0 Å². The van der Waals surface area contributed by atoms with Gasteiger partial charge < -0.3 is 15.2 Å². The highest BCUT2D eigenvalue weighted by molar-refractivity contribution is 5.69. The first kappa shape index (κ1) is 15.2. The van der Waals surface area contributed by atoms with Gasteiger partial charge in [0.2, 0.25) is 0 Å². The van der Waals surface area contributed by atoms with Gasteiger partial charge >= 0.3 is 12.1 Å². The molecule has 0 aliphatic rings. The van der Waals surface area contributed by atoms with Crippen molar-refractivity contribution in [1.29, 1.82) is 0 Å².